The lowest BCUT2D eigenvalue weighted by Gasteiger charge is -2.16. The molecule has 0 radical (unpaired) electrons. The Balaban J connectivity index is 1.46. The summed E-state index contributed by atoms with van der Waals surface area (Å²) in [5, 5.41) is 4.57. The van der Waals surface area contributed by atoms with Gasteiger partial charge < -0.3 is 9.47 Å². The molecule has 1 unspecified atom stereocenters. The van der Waals surface area contributed by atoms with Crippen molar-refractivity contribution in [3.8, 4) is 11.5 Å². The average molecular weight is 452 g/mol. The molecule has 3 aromatic rings. The van der Waals surface area contributed by atoms with Crippen molar-refractivity contribution < 1.29 is 19.1 Å². The zero-order chi connectivity index (χ0) is 23.1. The van der Waals surface area contributed by atoms with E-state index in [1.165, 1.54) is 0 Å². The zero-order valence-corrected chi connectivity index (χ0v) is 18.9. The minimum absolute atomic E-state index is 0.0382. The van der Waals surface area contributed by atoms with E-state index < -0.39 is 17.9 Å². The van der Waals surface area contributed by atoms with Crippen LogP contribution in [0.4, 0.5) is 0 Å². The molecule has 3 aromatic carbocycles. The van der Waals surface area contributed by atoms with Crippen LogP contribution in [0.5, 0.6) is 11.5 Å². The third-order valence-electron chi connectivity index (χ3n) is 4.42. The molecule has 32 heavy (non-hydrogen) atoms. The normalized spacial score (nSPS) is 11.5. The Morgan fingerprint density at radius 1 is 0.812 bits per heavy atom. The van der Waals surface area contributed by atoms with Gasteiger partial charge in [0.25, 0.3) is 11.8 Å². The van der Waals surface area contributed by atoms with Crippen LogP contribution in [-0.2, 0) is 4.79 Å². The zero-order valence-electron chi connectivity index (χ0n) is 18.0. The molecule has 0 bridgehead atoms. The predicted molar refractivity (Wildman–Crippen MR) is 128 cm³/mol. The van der Waals surface area contributed by atoms with Gasteiger partial charge in [-0.05, 0) is 80.2 Å². The second kappa shape index (κ2) is 10.6. The quantitative estimate of drug-likeness (QED) is 0.391. The summed E-state index contributed by atoms with van der Waals surface area (Å²) in [7, 11) is 0. The van der Waals surface area contributed by atoms with Gasteiger partial charge in [0.05, 0.1) is 6.10 Å². The van der Waals surface area contributed by atoms with E-state index in [1.807, 2.05) is 56.3 Å². The highest BCUT2D eigenvalue weighted by Crippen LogP contribution is 2.21. The molecule has 1 atom stereocenters. The Hall–Kier alpha value is -3.65. The van der Waals surface area contributed by atoms with E-state index in [-0.39, 0.29) is 11.2 Å². The summed E-state index contributed by atoms with van der Waals surface area (Å²) in [5.41, 5.74) is 5.36. The van der Waals surface area contributed by atoms with E-state index in [4.69, 9.17) is 21.7 Å². The van der Waals surface area contributed by atoms with Crippen molar-refractivity contribution in [3.63, 3.8) is 0 Å². The number of nitrogens with one attached hydrogen (secondary N) is 3. The number of hydrogen-bond donors (Lipinski definition) is 3. The molecule has 0 saturated carbocycles. The van der Waals surface area contributed by atoms with Crippen LogP contribution >= 0.6 is 12.2 Å². The molecule has 7 nitrogen and oxygen atoms in total. The van der Waals surface area contributed by atoms with E-state index in [9.17, 15) is 9.59 Å². The molecule has 2 amide bonds. The lowest BCUT2D eigenvalue weighted by atomic mass is 10.1. The first-order valence-electron chi connectivity index (χ1n) is 10.1. The molecular formula is C24H25N3O4S. The van der Waals surface area contributed by atoms with Gasteiger partial charge in [-0.2, -0.15) is 0 Å². The first-order valence-corrected chi connectivity index (χ1v) is 10.6. The van der Waals surface area contributed by atoms with E-state index in [1.54, 1.807) is 31.2 Å². The van der Waals surface area contributed by atoms with Gasteiger partial charge in [0.15, 0.2) is 11.2 Å². The van der Waals surface area contributed by atoms with Crippen LogP contribution < -0.4 is 25.6 Å². The number of rotatable bonds is 6. The fourth-order valence-corrected chi connectivity index (χ4v) is 3.03. The van der Waals surface area contributed by atoms with Crippen LogP contribution in [0.3, 0.4) is 0 Å². The van der Waals surface area contributed by atoms with E-state index in [0.717, 1.165) is 10.8 Å². The second-order valence-electron chi connectivity index (χ2n) is 7.36. The Morgan fingerprint density at radius 3 is 2.16 bits per heavy atom. The van der Waals surface area contributed by atoms with Crippen LogP contribution in [0.1, 0.15) is 31.1 Å². The summed E-state index contributed by atoms with van der Waals surface area (Å²) in [6.07, 6.45) is -0.738. The van der Waals surface area contributed by atoms with Gasteiger partial charge in [0, 0.05) is 5.56 Å². The monoisotopic (exact) mass is 451 g/mol. The minimum Gasteiger partial charge on any atom is -0.491 e. The van der Waals surface area contributed by atoms with Gasteiger partial charge in [-0.15, -0.1) is 0 Å². The molecule has 0 spiro atoms. The summed E-state index contributed by atoms with van der Waals surface area (Å²) < 4.78 is 11.3. The molecule has 0 aromatic heterocycles. The number of hydrogen-bond acceptors (Lipinski definition) is 5. The van der Waals surface area contributed by atoms with Gasteiger partial charge >= 0.3 is 0 Å². The summed E-state index contributed by atoms with van der Waals surface area (Å²) in [4.78, 5) is 24.6. The van der Waals surface area contributed by atoms with Crippen LogP contribution in [0.15, 0.2) is 66.7 Å². The maximum atomic E-state index is 12.3. The molecule has 0 aliphatic carbocycles. The number of carbonyl (C=O) groups excluding carboxylic acids is 2. The first-order chi connectivity index (χ1) is 15.3. The third kappa shape index (κ3) is 6.42. The van der Waals surface area contributed by atoms with Gasteiger partial charge in [0.1, 0.15) is 11.5 Å². The maximum absolute atomic E-state index is 12.3. The van der Waals surface area contributed by atoms with E-state index in [0.29, 0.717) is 17.1 Å². The summed E-state index contributed by atoms with van der Waals surface area (Å²) >= 11 is 5.08. The highest BCUT2D eigenvalue weighted by Gasteiger charge is 2.16. The van der Waals surface area contributed by atoms with Crippen molar-refractivity contribution in [1.29, 1.82) is 0 Å². The molecule has 3 rings (SSSR count). The molecule has 8 heteroatoms. The van der Waals surface area contributed by atoms with Gasteiger partial charge in [0.2, 0.25) is 0 Å². The number of fused-ring (bicyclic) bond motifs is 1. The van der Waals surface area contributed by atoms with Crippen molar-refractivity contribution in [3.05, 3.63) is 72.3 Å². The molecular weight excluding hydrogens is 426 g/mol. The van der Waals surface area contributed by atoms with Crippen LogP contribution in [0, 0.1) is 0 Å². The number of ether oxygens (including phenoxy) is 2. The standard InChI is InChI=1S/C24H25N3O4S/c1-15(2)30-20-11-9-18(10-12-20)23(29)25-24(32)27-26-22(28)16(3)31-21-13-8-17-6-4-5-7-19(17)14-21/h4-16H,1-3H3,(H,26,28)(H2,25,27,29,32). The van der Waals surface area contributed by atoms with Crippen LogP contribution in [0.2, 0.25) is 0 Å². The van der Waals surface area contributed by atoms with Crippen LogP contribution in [0.25, 0.3) is 10.8 Å². The highest BCUT2D eigenvalue weighted by molar-refractivity contribution is 7.80. The topological polar surface area (TPSA) is 88.7 Å². The average Bonchev–Trinajstić information content (AvgIpc) is 2.77. The smallest absolute Gasteiger partial charge is 0.279 e. The summed E-state index contributed by atoms with van der Waals surface area (Å²) in [6.45, 7) is 5.47. The molecule has 0 heterocycles. The predicted octanol–water partition coefficient (Wildman–Crippen LogP) is 3.73. The van der Waals surface area contributed by atoms with E-state index >= 15 is 0 Å². The minimum atomic E-state index is -0.782. The third-order valence-corrected chi connectivity index (χ3v) is 4.62. The Kier molecular flexibility index (Phi) is 7.62. The Bertz CT molecular complexity index is 1120. The van der Waals surface area contributed by atoms with Gasteiger partial charge in [-0.25, -0.2) is 0 Å². The van der Waals surface area contributed by atoms with Crippen molar-refractivity contribution in [1.82, 2.24) is 16.2 Å². The number of carbonyl (C=O) groups is 2. The second-order valence-corrected chi connectivity index (χ2v) is 7.77. The highest BCUT2D eigenvalue weighted by atomic mass is 32.1. The molecule has 0 aliphatic heterocycles. The SMILES string of the molecule is CC(C)Oc1ccc(C(=O)NC(=S)NNC(=O)C(C)Oc2ccc3ccccc3c2)cc1. The molecule has 166 valence electrons. The first kappa shape index (κ1) is 23.0. The number of thiocarbonyl (C=S) groups is 1. The summed E-state index contributed by atoms with van der Waals surface area (Å²) in [6, 6.07) is 20.2. The fraction of sp³-hybridized carbons (Fsp3) is 0.208. The fourth-order valence-electron chi connectivity index (χ4n) is 2.88. The van der Waals surface area contributed by atoms with E-state index in [2.05, 4.69) is 16.2 Å². The Labute approximate surface area is 192 Å². The maximum Gasteiger partial charge on any atom is 0.279 e. The van der Waals surface area contributed by atoms with Crippen molar-refractivity contribution in [2.45, 2.75) is 33.0 Å². The van der Waals surface area contributed by atoms with Crippen LogP contribution in [-0.4, -0.2) is 29.1 Å². The lowest BCUT2D eigenvalue weighted by Crippen LogP contribution is -2.51. The Morgan fingerprint density at radius 2 is 1.47 bits per heavy atom. The molecule has 0 aliphatic rings. The molecule has 3 N–H and O–H groups in total. The van der Waals surface area contributed by atoms with Gasteiger partial charge in [-0.1, -0.05) is 30.3 Å². The van der Waals surface area contributed by atoms with Crippen molar-refractivity contribution in [2.24, 2.45) is 0 Å². The lowest BCUT2D eigenvalue weighted by molar-refractivity contribution is -0.127. The molecule has 0 saturated heterocycles. The summed E-state index contributed by atoms with van der Waals surface area (Å²) in [5.74, 6) is 0.398. The van der Waals surface area contributed by atoms with Gasteiger partial charge in [-0.3, -0.25) is 25.8 Å². The van der Waals surface area contributed by atoms with Crippen molar-refractivity contribution in [2.75, 3.05) is 0 Å². The number of amides is 2. The number of hydrazine groups is 1. The largest absolute Gasteiger partial charge is 0.491 e. The number of benzene rings is 3. The molecule has 0 fully saturated rings. The van der Waals surface area contributed by atoms with Crippen molar-refractivity contribution >= 4 is 39.9 Å².